The minimum Gasteiger partial charge on any atom is -0.508 e. The van der Waals surface area contributed by atoms with E-state index in [1.165, 1.54) is 25.0 Å². The van der Waals surface area contributed by atoms with Crippen LogP contribution in [0, 0.1) is 0 Å². The Kier molecular flexibility index (Phi) is 3.10. The van der Waals surface area contributed by atoms with Gasteiger partial charge in [-0.1, -0.05) is 6.07 Å². The molecule has 1 saturated heterocycles. The van der Waals surface area contributed by atoms with Crippen LogP contribution in [-0.4, -0.2) is 34.2 Å². The topological polar surface area (TPSA) is 60.8 Å². The quantitative estimate of drug-likeness (QED) is 0.815. The van der Waals surface area contributed by atoms with Crippen LogP contribution in [-0.2, 0) is 6.54 Å². The lowest BCUT2D eigenvalue weighted by atomic mass is 10.1. The molecule has 0 spiro atoms. The van der Waals surface area contributed by atoms with Crippen LogP contribution in [0.15, 0.2) is 18.2 Å². The van der Waals surface area contributed by atoms with Crippen molar-refractivity contribution in [2.75, 3.05) is 13.1 Å². The first kappa shape index (κ1) is 11.0. The Morgan fingerprint density at radius 1 is 1.31 bits per heavy atom. The predicted molar refractivity (Wildman–Crippen MR) is 59.6 cm³/mol. The third kappa shape index (κ3) is 2.33. The number of phenols is 1. The monoisotopic (exact) mass is 221 g/mol. The Morgan fingerprint density at radius 3 is 2.62 bits per heavy atom. The first-order valence-corrected chi connectivity index (χ1v) is 5.44. The molecule has 1 aliphatic rings. The molecule has 0 bridgehead atoms. The van der Waals surface area contributed by atoms with Crippen molar-refractivity contribution < 1.29 is 15.0 Å². The molecular weight excluding hydrogens is 206 g/mol. The van der Waals surface area contributed by atoms with Gasteiger partial charge in [-0.05, 0) is 43.6 Å². The SMILES string of the molecule is O=C(O)c1cc(O)ccc1CN1CCCC1. The summed E-state index contributed by atoms with van der Waals surface area (Å²) in [6, 6.07) is 4.54. The van der Waals surface area contributed by atoms with Gasteiger partial charge in [-0.15, -0.1) is 0 Å². The summed E-state index contributed by atoms with van der Waals surface area (Å²) >= 11 is 0. The summed E-state index contributed by atoms with van der Waals surface area (Å²) in [4.78, 5) is 13.3. The summed E-state index contributed by atoms with van der Waals surface area (Å²) < 4.78 is 0. The molecule has 1 fully saturated rings. The van der Waals surface area contributed by atoms with Crippen LogP contribution < -0.4 is 0 Å². The third-order valence-corrected chi connectivity index (χ3v) is 2.92. The number of likely N-dealkylation sites (tertiary alicyclic amines) is 1. The Morgan fingerprint density at radius 2 is 2.00 bits per heavy atom. The number of benzene rings is 1. The standard InChI is InChI=1S/C12H15NO3/c14-10-4-3-9(11(7-10)12(15)16)8-13-5-1-2-6-13/h3-4,7,14H,1-2,5-6,8H2,(H,15,16). The van der Waals surface area contributed by atoms with E-state index in [0.29, 0.717) is 6.54 Å². The zero-order valence-corrected chi connectivity index (χ0v) is 9.02. The molecule has 1 heterocycles. The van der Waals surface area contributed by atoms with Crippen LogP contribution in [0.3, 0.4) is 0 Å². The summed E-state index contributed by atoms with van der Waals surface area (Å²) in [6.45, 7) is 2.71. The molecule has 0 saturated carbocycles. The lowest BCUT2D eigenvalue weighted by Gasteiger charge is -2.16. The van der Waals surface area contributed by atoms with Gasteiger partial charge in [-0.3, -0.25) is 4.90 Å². The van der Waals surface area contributed by atoms with E-state index in [2.05, 4.69) is 4.90 Å². The highest BCUT2D eigenvalue weighted by atomic mass is 16.4. The smallest absolute Gasteiger partial charge is 0.336 e. The molecule has 86 valence electrons. The lowest BCUT2D eigenvalue weighted by Crippen LogP contribution is -2.20. The predicted octanol–water partition coefficient (Wildman–Crippen LogP) is 1.69. The maximum atomic E-state index is 11.0. The van der Waals surface area contributed by atoms with Crippen LogP contribution >= 0.6 is 0 Å². The molecule has 0 unspecified atom stereocenters. The van der Waals surface area contributed by atoms with E-state index in [9.17, 15) is 9.90 Å². The normalized spacial score (nSPS) is 16.5. The number of carbonyl (C=O) groups is 1. The van der Waals surface area contributed by atoms with Gasteiger partial charge >= 0.3 is 5.97 Å². The first-order chi connectivity index (χ1) is 7.66. The summed E-state index contributed by atoms with van der Waals surface area (Å²) in [5.41, 5.74) is 0.971. The van der Waals surface area contributed by atoms with Gasteiger partial charge in [0.1, 0.15) is 5.75 Å². The molecule has 0 aliphatic carbocycles. The number of phenolic OH excluding ortho intramolecular Hbond substituents is 1. The molecule has 0 aromatic heterocycles. The van der Waals surface area contributed by atoms with Gasteiger partial charge in [0.15, 0.2) is 0 Å². The van der Waals surface area contributed by atoms with E-state index in [1.807, 2.05) is 0 Å². The minimum atomic E-state index is -0.981. The third-order valence-electron chi connectivity index (χ3n) is 2.92. The van der Waals surface area contributed by atoms with Crippen LogP contribution in [0.4, 0.5) is 0 Å². The molecule has 2 N–H and O–H groups in total. The van der Waals surface area contributed by atoms with Gasteiger partial charge in [0, 0.05) is 6.54 Å². The fourth-order valence-corrected chi connectivity index (χ4v) is 2.08. The van der Waals surface area contributed by atoms with Gasteiger partial charge in [0.2, 0.25) is 0 Å². The second-order valence-corrected chi connectivity index (χ2v) is 4.13. The Hall–Kier alpha value is -1.55. The van der Waals surface area contributed by atoms with Crippen LogP contribution in [0.5, 0.6) is 5.75 Å². The Labute approximate surface area is 94.1 Å². The second kappa shape index (κ2) is 4.53. The zero-order chi connectivity index (χ0) is 11.5. The Balaban J connectivity index is 2.21. The van der Waals surface area contributed by atoms with E-state index >= 15 is 0 Å². The number of aromatic carboxylic acids is 1. The average Bonchev–Trinajstić information content (AvgIpc) is 2.73. The van der Waals surface area contributed by atoms with Gasteiger partial charge in [0.25, 0.3) is 0 Å². The van der Waals surface area contributed by atoms with E-state index in [-0.39, 0.29) is 11.3 Å². The van der Waals surface area contributed by atoms with Crippen LogP contribution in [0.25, 0.3) is 0 Å². The number of hydrogen-bond donors (Lipinski definition) is 2. The largest absolute Gasteiger partial charge is 0.508 e. The summed E-state index contributed by atoms with van der Waals surface area (Å²) in [5.74, 6) is -0.979. The van der Waals surface area contributed by atoms with Crippen LogP contribution in [0.2, 0.25) is 0 Å². The molecule has 1 aliphatic heterocycles. The number of nitrogens with zero attached hydrogens (tertiary/aromatic N) is 1. The van der Waals surface area contributed by atoms with Crippen molar-refractivity contribution in [2.45, 2.75) is 19.4 Å². The summed E-state index contributed by atoms with van der Waals surface area (Å²) in [7, 11) is 0. The number of rotatable bonds is 3. The molecular formula is C12H15NO3. The highest BCUT2D eigenvalue weighted by molar-refractivity contribution is 5.89. The minimum absolute atomic E-state index is 0.00238. The zero-order valence-electron chi connectivity index (χ0n) is 9.02. The van der Waals surface area contributed by atoms with Gasteiger partial charge in [-0.25, -0.2) is 4.79 Å². The van der Waals surface area contributed by atoms with Crippen molar-refractivity contribution in [3.05, 3.63) is 29.3 Å². The molecule has 2 rings (SSSR count). The van der Waals surface area contributed by atoms with Gasteiger partial charge in [0.05, 0.1) is 5.56 Å². The van der Waals surface area contributed by atoms with Crippen molar-refractivity contribution in [1.82, 2.24) is 4.90 Å². The van der Waals surface area contributed by atoms with Crippen molar-refractivity contribution in [3.63, 3.8) is 0 Å². The number of carboxylic acids is 1. The molecule has 1 aromatic rings. The van der Waals surface area contributed by atoms with E-state index < -0.39 is 5.97 Å². The van der Waals surface area contributed by atoms with E-state index in [1.54, 1.807) is 6.07 Å². The maximum absolute atomic E-state index is 11.0. The number of aromatic hydroxyl groups is 1. The fraction of sp³-hybridized carbons (Fsp3) is 0.417. The van der Waals surface area contributed by atoms with Crippen molar-refractivity contribution >= 4 is 5.97 Å². The van der Waals surface area contributed by atoms with Gasteiger partial charge < -0.3 is 10.2 Å². The fourth-order valence-electron chi connectivity index (χ4n) is 2.08. The highest BCUT2D eigenvalue weighted by Crippen LogP contribution is 2.20. The highest BCUT2D eigenvalue weighted by Gasteiger charge is 2.16. The van der Waals surface area contributed by atoms with Crippen LogP contribution in [0.1, 0.15) is 28.8 Å². The van der Waals surface area contributed by atoms with E-state index in [4.69, 9.17) is 5.11 Å². The second-order valence-electron chi connectivity index (χ2n) is 4.13. The summed E-state index contributed by atoms with van der Waals surface area (Å²) in [5, 5.41) is 18.3. The van der Waals surface area contributed by atoms with Crippen molar-refractivity contribution in [3.8, 4) is 5.75 Å². The molecule has 4 heteroatoms. The molecule has 4 nitrogen and oxygen atoms in total. The molecule has 16 heavy (non-hydrogen) atoms. The molecule has 0 atom stereocenters. The summed E-state index contributed by atoms with van der Waals surface area (Å²) in [6.07, 6.45) is 2.36. The molecule has 1 aromatic carbocycles. The van der Waals surface area contributed by atoms with E-state index in [0.717, 1.165) is 18.7 Å². The average molecular weight is 221 g/mol. The first-order valence-electron chi connectivity index (χ1n) is 5.44. The van der Waals surface area contributed by atoms with Crippen molar-refractivity contribution in [2.24, 2.45) is 0 Å². The Bertz CT molecular complexity index is 397. The maximum Gasteiger partial charge on any atom is 0.336 e. The van der Waals surface area contributed by atoms with Gasteiger partial charge in [-0.2, -0.15) is 0 Å². The number of carboxylic acid groups (broad SMARTS) is 1. The van der Waals surface area contributed by atoms with Crippen molar-refractivity contribution in [1.29, 1.82) is 0 Å². The molecule has 0 radical (unpaired) electrons. The molecule has 0 amide bonds. The number of hydrogen-bond acceptors (Lipinski definition) is 3. The lowest BCUT2D eigenvalue weighted by molar-refractivity contribution is 0.0694.